The van der Waals surface area contributed by atoms with Gasteiger partial charge in [0.05, 0.1) is 5.92 Å². The number of hydrogen-bond acceptors (Lipinski definition) is 4. The van der Waals surface area contributed by atoms with Crippen LogP contribution in [0.4, 0.5) is 5.82 Å². The van der Waals surface area contributed by atoms with Gasteiger partial charge in [-0.15, -0.1) is 0 Å². The van der Waals surface area contributed by atoms with Crippen LogP contribution in [0.2, 0.25) is 0 Å². The van der Waals surface area contributed by atoms with Crippen LogP contribution in [0, 0.1) is 12.8 Å². The van der Waals surface area contributed by atoms with E-state index in [0.29, 0.717) is 12.4 Å². The second kappa shape index (κ2) is 6.99. The average molecular weight is 325 g/mol. The zero-order valence-corrected chi connectivity index (χ0v) is 14.2. The number of aromatic nitrogens is 2. The van der Waals surface area contributed by atoms with Crippen molar-refractivity contribution in [1.29, 1.82) is 0 Å². The van der Waals surface area contributed by atoms with E-state index in [9.17, 15) is 9.90 Å². The summed E-state index contributed by atoms with van der Waals surface area (Å²) in [6.07, 6.45) is 2.46. The third kappa shape index (κ3) is 3.25. The molecule has 1 aromatic carbocycles. The third-order valence-corrected chi connectivity index (χ3v) is 4.65. The van der Waals surface area contributed by atoms with Crippen LogP contribution >= 0.6 is 0 Å². The van der Waals surface area contributed by atoms with Crippen molar-refractivity contribution in [3.8, 4) is 11.4 Å². The van der Waals surface area contributed by atoms with Gasteiger partial charge in [-0.25, -0.2) is 9.97 Å². The van der Waals surface area contributed by atoms with E-state index >= 15 is 0 Å². The Hall–Kier alpha value is -2.43. The van der Waals surface area contributed by atoms with Crippen molar-refractivity contribution in [2.45, 2.75) is 33.1 Å². The monoisotopic (exact) mass is 325 g/mol. The van der Waals surface area contributed by atoms with Gasteiger partial charge in [0.1, 0.15) is 5.82 Å². The molecule has 0 radical (unpaired) electrons. The van der Waals surface area contributed by atoms with E-state index in [2.05, 4.69) is 16.8 Å². The number of aliphatic carboxylic acids is 1. The zero-order chi connectivity index (χ0) is 17.1. The number of aryl methyl sites for hydroxylation is 1. The molecule has 126 valence electrons. The Labute approximate surface area is 142 Å². The lowest BCUT2D eigenvalue weighted by molar-refractivity contribution is -0.141. The van der Waals surface area contributed by atoms with Crippen LogP contribution in [-0.4, -0.2) is 34.1 Å². The summed E-state index contributed by atoms with van der Waals surface area (Å²) < 4.78 is 0. The fourth-order valence-corrected chi connectivity index (χ4v) is 3.34. The van der Waals surface area contributed by atoms with Crippen LogP contribution in [0.15, 0.2) is 30.3 Å². The summed E-state index contributed by atoms with van der Waals surface area (Å²) in [4.78, 5) is 23.0. The Bertz CT molecular complexity index is 731. The van der Waals surface area contributed by atoms with Gasteiger partial charge < -0.3 is 10.0 Å². The number of piperidine rings is 1. The lowest BCUT2D eigenvalue weighted by atomic mass is 9.97. The third-order valence-electron chi connectivity index (χ3n) is 4.65. The quantitative estimate of drug-likeness (QED) is 0.934. The van der Waals surface area contributed by atoms with Gasteiger partial charge in [-0.1, -0.05) is 37.3 Å². The van der Waals surface area contributed by atoms with Gasteiger partial charge in [0.15, 0.2) is 5.82 Å². The number of benzene rings is 1. The summed E-state index contributed by atoms with van der Waals surface area (Å²) >= 11 is 0. The number of anilines is 1. The normalized spacial score (nSPS) is 17.8. The number of carbonyl (C=O) groups is 1. The molecule has 5 heteroatoms. The van der Waals surface area contributed by atoms with Gasteiger partial charge in [-0.2, -0.15) is 0 Å². The highest BCUT2D eigenvalue weighted by molar-refractivity contribution is 5.71. The summed E-state index contributed by atoms with van der Waals surface area (Å²) in [5, 5.41) is 9.36. The summed E-state index contributed by atoms with van der Waals surface area (Å²) in [6, 6.07) is 9.92. The number of carboxylic acid groups (broad SMARTS) is 1. The molecule has 1 aromatic heterocycles. The van der Waals surface area contributed by atoms with E-state index in [-0.39, 0.29) is 5.92 Å². The molecule has 2 heterocycles. The van der Waals surface area contributed by atoms with Gasteiger partial charge in [-0.05, 0) is 26.2 Å². The molecule has 1 saturated heterocycles. The van der Waals surface area contributed by atoms with Gasteiger partial charge in [0.25, 0.3) is 0 Å². The van der Waals surface area contributed by atoms with Crippen LogP contribution in [0.25, 0.3) is 11.4 Å². The molecule has 0 amide bonds. The van der Waals surface area contributed by atoms with E-state index in [4.69, 9.17) is 4.98 Å². The van der Waals surface area contributed by atoms with E-state index in [0.717, 1.165) is 48.4 Å². The van der Waals surface area contributed by atoms with Crippen LogP contribution in [-0.2, 0) is 11.2 Å². The van der Waals surface area contributed by atoms with E-state index in [1.165, 1.54) is 0 Å². The number of hydrogen-bond donors (Lipinski definition) is 1. The second-order valence-corrected chi connectivity index (χ2v) is 6.28. The van der Waals surface area contributed by atoms with Gasteiger partial charge in [-0.3, -0.25) is 4.79 Å². The van der Waals surface area contributed by atoms with Crippen LogP contribution < -0.4 is 4.90 Å². The first kappa shape index (κ1) is 16.4. The van der Waals surface area contributed by atoms with Crippen molar-refractivity contribution in [1.82, 2.24) is 9.97 Å². The van der Waals surface area contributed by atoms with E-state index in [1.807, 2.05) is 37.3 Å². The Morgan fingerprint density at radius 3 is 2.71 bits per heavy atom. The molecule has 1 aliphatic rings. The second-order valence-electron chi connectivity index (χ2n) is 6.28. The Morgan fingerprint density at radius 2 is 2.04 bits per heavy atom. The first-order valence-electron chi connectivity index (χ1n) is 8.50. The smallest absolute Gasteiger partial charge is 0.308 e. The minimum Gasteiger partial charge on any atom is -0.481 e. The summed E-state index contributed by atoms with van der Waals surface area (Å²) in [5.41, 5.74) is 3.07. The Morgan fingerprint density at radius 1 is 1.29 bits per heavy atom. The molecule has 2 aromatic rings. The lowest BCUT2D eigenvalue weighted by Crippen LogP contribution is -2.39. The summed E-state index contributed by atoms with van der Waals surface area (Å²) in [6.45, 7) is 5.47. The number of carboxylic acids is 1. The largest absolute Gasteiger partial charge is 0.481 e. The lowest BCUT2D eigenvalue weighted by Gasteiger charge is -2.33. The van der Waals surface area contributed by atoms with E-state index < -0.39 is 5.97 Å². The van der Waals surface area contributed by atoms with E-state index in [1.54, 1.807) is 0 Å². The number of rotatable bonds is 4. The minimum atomic E-state index is -0.716. The predicted octanol–water partition coefficient (Wildman–Crippen LogP) is 3.32. The Balaban J connectivity index is 2.02. The average Bonchev–Trinajstić information content (AvgIpc) is 2.62. The first-order chi connectivity index (χ1) is 11.6. The molecule has 0 saturated carbocycles. The summed E-state index contributed by atoms with van der Waals surface area (Å²) in [5.74, 6) is 0.568. The van der Waals surface area contributed by atoms with Crippen molar-refractivity contribution in [3.05, 3.63) is 41.6 Å². The minimum absolute atomic E-state index is 0.320. The molecule has 1 atom stereocenters. The molecule has 1 N–H and O–H groups in total. The molecular formula is C19H23N3O2. The standard InChI is InChI=1S/C19H23N3O2/c1-3-16-13(2)20-17(14-8-5-4-6-9-14)21-18(16)22-11-7-10-15(12-22)19(23)24/h4-6,8-9,15H,3,7,10-12H2,1-2H3,(H,23,24). The fourth-order valence-electron chi connectivity index (χ4n) is 3.34. The molecule has 0 aliphatic carbocycles. The van der Waals surface area contributed by atoms with Crippen LogP contribution in [0.1, 0.15) is 31.0 Å². The number of nitrogens with zero attached hydrogens (tertiary/aromatic N) is 3. The highest BCUT2D eigenvalue weighted by Gasteiger charge is 2.28. The molecule has 5 nitrogen and oxygen atoms in total. The molecule has 3 rings (SSSR count). The maximum Gasteiger partial charge on any atom is 0.308 e. The van der Waals surface area contributed by atoms with Crippen molar-refractivity contribution in [2.75, 3.05) is 18.0 Å². The highest BCUT2D eigenvalue weighted by atomic mass is 16.4. The molecule has 0 bridgehead atoms. The summed E-state index contributed by atoms with van der Waals surface area (Å²) in [7, 11) is 0. The van der Waals surface area contributed by atoms with Crippen molar-refractivity contribution >= 4 is 11.8 Å². The van der Waals surface area contributed by atoms with Crippen LogP contribution in [0.3, 0.4) is 0 Å². The Kier molecular flexibility index (Phi) is 4.79. The highest BCUT2D eigenvalue weighted by Crippen LogP contribution is 2.29. The molecule has 1 unspecified atom stereocenters. The fraction of sp³-hybridized carbons (Fsp3) is 0.421. The van der Waals surface area contributed by atoms with Crippen LogP contribution in [0.5, 0.6) is 0 Å². The predicted molar refractivity (Wildman–Crippen MR) is 94.2 cm³/mol. The molecular weight excluding hydrogens is 302 g/mol. The van der Waals surface area contributed by atoms with Crippen molar-refractivity contribution < 1.29 is 9.90 Å². The van der Waals surface area contributed by atoms with Crippen molar-refractivity contribution in [3.63, 3.8) is 0 Å². The molecule has 24 heavy (non-hydrogen) atoms. The van der Waals surface area contributed by atoms with Gasteiger partial charge in [0.2, 0.25) is 0 Å². The van der Waals surface area contributed by atoms with Gasteiger partial charge >= 0.3 is 5.97 Å². The molecule has 0 spiro atoms. The SMILES string of the molecule is CCc1c(C)nc(-c2ccccc2)nc1N1CCCC(C(=O)O)C1. The zero-order valence-electron chi connectivity index (χ0n) is 14.2. The topological polar surface area (TPSA) is 66.3 Å². The molecule has 1 aliphatic heterocycles. The molecule has 1 fully saturated rings. The maximum atomic E-state index is 11.4. The maximum absolute atomic E-state index is 11.4. The first-order valence-corrected chi connectivity index (χ1v) is 8.50. The van der Waals surface area contributed by atoms with Crippen molar-refractivity contribution in [2.24, 2.45) is 5.92 Å². The van der Waals surface area contributed by atoms with Gasteiger partial charge in [0, 0.05) is 29.9 Å².